The molecule has 0 radical (unpaired) electrons. The summed E-state index contributed by atoms with van der Waals surface area (Å²) < 4.78 is 7.49. The van der Waals surface area contributed by atoms with Crippen LogP contribution >= 0.6 is 0 Å². The molecule has 0 unspecified atom stereocenters. The molecule has 1 saturated heterocycles. The molecule has 0 N–H and O–H groups in total. The third-order valence-corrected chi connectivity index (χ3v) is 4.70. The van der Waals surface area contributed by atoms with E-state index >= 15 is 0 Å². The summed E-state index contributed by atoms with van der Waals surface area (Å²) >= 11 is 0. The van der Waals surface area contributed by atoms with Crippen molar-refractivity contribution in [3.05, 3.63) is 36.5 Å². The maximum absolute atomic E-state index is 12.1. The van der Waals surface area contributed by atoms with Crippen molar-refractivity contribution in [1.82, 2.24) is 14.7 Å². The molecule has 0 spiro atoms. The van der Waals surface area contributed by atoms with Gasteiger partial charge in [0.1, 0.15) is 5.60 Å². The summed E-state index contributed by atoms with van der Waals surface area (Å²) in [7, 11) is 0. The Morgan fingerprint density at radius 1 is 1.31 bits per heavy atom. The van der Waals surface area contributed by atoms with Crippen molar-refractivity contribution >= 4 is 22.6 Å². The number of benzene rings is 1. The smallest absolute Gasteiger partial charge is 0.410 e. The number of amides is 1. The SMILES string of the molecule is C=C(c1nn(CC2CN(C(=O)OC(C)(C)C)C2)c2ccccc12)C(C)C. The number of carbonyl (C=O) groups excluding carboxylic acids is 1. The van der Waals surface area contributed by atoms with Crippen LogP contribution in [0.5, 0.6) is 0 Å². The van der Waals surface area contributed by atoms with E-state index in [1.807, 2.05) is 32.9 Å². The van der Waals surface area contributed by atoms with Gasteiger partial charge in [0.25, 0.3) is 0 Å². The van der Waals surface area contributed by atoms with Crippen molar-refractivity contribution in [1.29, 1.82) is 0 Å². The van der Waals surface area contributed by atoms with E-state index in [9.17, 15) is 4.79 Å². The van der Waals surface area contributed by atoms with Crippen molar-refractivity contribution in [2.45, 2.75) is 46.8 Å². The molecule has 1 aromatic heterocycles. The third kappa shape index (κ3) is 3.76. The van der Waals surface area contributed by atoms with Gasteiger partial charge in [0, 0.05) is 30.9 Å². The zero-order valence-corrected chi connectivity index (χ0v) is 16.5. The topological polar surface area (TPSA) is 47.4 Å². The molecule has 1 fully saturated rings. The number of rotatable bonds is 4. The predicted molar refractivity (Wildman–Crippen MR) is 105 cm³/mol. The largest absolute Gasteiger partial charge is 0.444 e. The summed E-state index contributed by atoms with van der Waals surface area (Å²) in [6.45, 7) is 16.4. The number of carbonyl (C=O) groups is 1. The fourth-order valence-electron chi connectivity index (χ4n) is 3.18. The monoisotopic (exact) mass is 355 g/mol. The minimum absolute atomic E-state index is 0.229. The van der Waals surface area contributed by atoms with Crippen LogP contribution < -0.4 is 0 Å². The Balaban J connectivity index is 1.71. The Bertz CT molecular complexity index is 823. The van der Waals surface area contributed by atoms with Crippen molar-refractivity contribution < 1.29 is 9.53 Å². The maximum Gasteiger partial charge on any atom is 0.410 e. The lowest BCUT2D eigenvalue weighted by atomic mass is 9.99. The number of para-hydroxylation sites is 1. The van der Waals surface area contributed by atoms with E-state index in [0.29, 0.717) is 24.9 Å². The molecular weight excluding hydrogens is 326 g/mol. The van der Waals surface area contributed by atoms with Gasteiger partial charge in [0.05, 0.1) is 11.2 Å². The van der Waals surface area contributed by atoms with Crippen molar-refractivity contribution in [2.24, 2.45) is 11.8 Å². The molecule has 0 saturated carbocycles. The number of nitrogens with zero attached hydrogens (tertiary/aromatic N) is 3. The molecule has 5 heteroatoms. The molecule has 1 aliphatic heterocycles. The minimum Gasteiger partial charge on any atom is -0.444 e. The molecule has 0 aliphatic carbocycles. The first-order chi connectivity index (χ1) is 12.2. The molecule has 1 aromatic carbocycles. The van der Waals surface area contributed by atoms with Crippen LogP contribution in [0, 0.1) is 11.8 Å². The van der Waals surface area contributed by atoms with Crippen LogP contribution in [-0.2, 0) is 11.3 Å². The summed E-state index contributed by atoms with van der Waals surface area (Å²) in [4.78, 5) is 13.8. The maximum atomic E-state index is 12.1. The summed E-state index contributed by atoms with van der Waals surface area (Å²) in [6.07, 6.45) is -0.229. The standard InChI is InChI=1S/C21H29N3O2/c1-14(2)15(3)19-17-9-7-8-10-18(17)24(22-19)13-16-11-23(12-16)20(25)26-21(4,5)6/h7-10,14,16H,3,11-13H2,1-2,4-6H3. The van der Waals surface area contributed by atoms with Crippen molar-refractivity contribution in [3.63, 3.8) is 0 Å². The summed E-state index contributed by atoms with van der Waals surface area (Å²) in [5.74, 6) is 0.749. The Morgan fingerprint density at radius 3 is 2.58 bits per heavy atom. The lowest BCUT2D eigenvalue weighted by Gasteiger charge is -2.39. The first kappa shape index (κ1) is 18.5. The van der Waals surface area contributed by atoms with Gasteiger partial charge in [-0.1, -0.05) is 38.6 Å². The highest BCUT2D eigenvalue weighted by molar-refractivity contribution is 5.90. The second kappa shape index (κ2) is 6.78. The fraction of sp³-hybridized carbons (Fsp3) is 0.524. The molecule has 2 aromatic rings. The highest BCUT2D eigenvalue weighted by Gasteiger charge is 2.34. The fourth-order valence-corrected chi connectivity index (χ4v) is 3.18. The molecular formula is C21H29N3O2. The number of hydrogen-bond donors (Lipinski definition) is 0. The van der Waals surface area contributed by atoms with E-state index < -0.39 is 5.60 Å². The van der Waals surface area contributed by atoms with Gasteiger partial charge >= 0.3 is 6.09 Å². The van der Waals surface area contributed by atoms with E-state index in [-0.39, 0.29) is 6.09 Å². The zero-order chi connectivity index (χ0) is 19.1. The number of fused-ring (bicyclic) bond motifs is 1. The Labute approximate surface area is 155 Å². The van der Waals surface area contributed by atoms with Gasteiger partial charge in [-0.05, 0) is 38.3 Å². The molecule has 1 amide bonds. The second-order valence-electron chi connectivity index (χ2n) is 8.48. The number of allylic oxidation sites excluding steroid dienone is 1. The summed E-state index contributed by atoms with van der Waals surface area (Å²) in [5, 5.41) is 5.99. The highest BCUT2D eigenvalue weighted by atomic mass is 16.6. The van der Waals surface area contributed by atoms with Crippen LogP contribution in [-0.4, -0.2) is 39.5 Å². The minimum atomic E-state index is -0.452. The van der Waals surface area contributed by atoms with Crippen LogP contribution in [0.25, 0.3) is 16.5 Å². The molecule has 2 heterocycles. The van der Waals surface area contributed by atoms with Crippen LogP contribution in [0.2, 0.25) is 0 Å². The van der Waals surface area contributed by atoms with Gasteiger partial charge in [0.15, 0.2) is 0 Å². The first-order valence-corrected chi connectivity index (χ1v) is 9.28. The van der Waals surface area contributed by atoms with Crippen LogP contribution in [0.3, 0.4) is 0 Å². The zero-order valence-electron chi connectivity index (χ0n) is 16.5. The summed E-state index contributed by atoms with van der Waals surface area (Å²) in [5.41, 5.74) is 2.72. The van der Waals surface area contributed by atoms with Crippen molar-refractivity contribution in [2.75, 3.05) is 13.1 Å². The van der Waals surface area contributed by atoms with Gasteiger partial charge in [-0.25, -0.2) is 4.79 Å². The van der Waals surface area contributed by atoms with Crippen molar-refractivity contribution in [3.8, 4) is 0 Å². The molecule has 0 atom stereocenters. The normalized spacial score (nSPS) is 15.4. The second-order valence-corrected chi connectivity index (χ2v) is 8.48. The number of aromatic nitrogens is 2. The molecule has 0 bridgehead atoms. The Kier molecular flexibility index (Phi) is 4.82. The van der Waals surface area contributed by atoms with Gasteiger partial charge < -0.3 is 9.64 Å². The molecule has 5 nitrogen and oxygen atoms in total. The van der Waals surface area contributed by atoms with E-state index in [1.165, 1.54) is 0 Å². The molecule has 140 valence electrons. The first-order valence-electron chi connectivity index (χ1n) is 9.28. The van der Waals surface area contributed by atoms with Gasteiger partial charge in [-0.15, -0.1) is 0 Å². The average molecular weight is 355 g/mol. The lowest BCUT2D eigenvalue weighted by Crippen LogP contribution is -2.52. The third-order valence-electron chi connectivity index (χ3n) is 4.70. The van der Waals surface area contributed by atoms with Crippen LogP contribution in [0.15, 0.2) is 30.8 Å². The Morgan fingerprint density at radius 2 is 1.96 bits per heavy atom. The summed E-state index contributed by atoms with van der Waals surface area (Å²) in [6, 6.07) is 8.29. The number of ether oxygens (including phenoxy) is 1. The van der Waals surface area contributed by atoms with E-state index in [4.69, 9.17) is 9.84 Å². The average Bonchev–Trinajstić information content (AvgIpc) is 2.86. The van der Waals surface area contributed by atoms with E-state index in [2.05, 4.69) is 37.2 Å². The van der Waals surface area contributed by atoms with Gasteiger partial charge in [0.2, 0.25) is 0 Å². The number of likely N-dealkylation sites (tertiary alicyclic amines) is 1. The van der Waals surface area contributed by atoms with Gasteiger partial charge in [-0.3, -0.25) is 4.68 Å². The van der Waals surface area contributed by atoms with E-state index in [0.717, 1.165) is 28.7 Å². The van der Waals surface area contributed by atoms with Crippen LogP contribution in [0.1, 0.15) is 40.3 Å². The quantitative estimate of drug-likeness (QED) is 0.807. The van der Waals surface area contributed by atoms with E-state index in [1.54, 1.807) is 4.90 Å². The lowest BCUT2D eigenvalue weighted by molar-refractivity contribution is -0.00364. The van der Waals surface area contributed by atoms with Gasteiger partial charge in [-0.2, -0.15) is 5.10 Å². The number of hydrogen-bond acceptors (Lipinski definition) is 3. The molecule has 3 rings (SSSR count). The molecule has 1 aliphatic rings. The Hall–Kier alpha value is -2.30. The predicted octanol–water partition coefficient (Wildman–Crippen LogP) is 4.57. The highest BCUT2D eigenvalue weighted by Crippen LogP contribution is 2.29. The molecule has 26 heavy (non-hydrogen) atoms. The van der Waals surface area contributed by atoms with Crippen LogP contribution in [0.4, 0.5) is 4.79 Å².